The van der Waals surface area contributed by atoms with Crippen molar-refractivity contribution in [3.63, 3.8) is 0 Å². The lowest BCUT2D eigenvalue weighted by molar-refractivity contribution is -0.121. The van der Waals surface area contributed by atoms with E-state index < -0.39 is 0 Å². The minimum absolute atomic E-state index is 0.0295. The highest BCUT2D eigenvalue weighted by molar-refractivity contribution is 5.83. The van der Waals surface area contributed by atoms with Gasteiger partial charge in [0.1, 0.15) is 6.54 Å². The molecule has 0 unspecified atom stereocenters. The van der Waals surface area contributed by atoms with Gasteiger partial charge < -0.3 is 20.9 Å². The Morgan fingerprint density at radius 1 is 1.33 bits per heavy atom. The number of aryl methyl sites for hydroxylation is 2. The maximum absolute atomic E-state index is 12.8. The Morgan fingerprint density at radius 2 is 2.20 bits per heavy atom. The predicted octanol–water partition coefficient (Wildman–Crippen LogP) is 1.68. The van der Waals surface area contributed by atoms with Gasteiger partial charge in [-0.05, 0) is 62.5 Å². The molecule has 1 amide bonds. The number of aromatic amines is 1. The van der Waals surface area contributed by atoms with Crippen molar-refractivity contribution < 1.29 is 4.79 Å². The van der Waals surface area contributed by atoms with Crippen molar-refractivity contribution in [1.82, 2.24) is 25.2 Å². The van der Waals surface area contributed by atoms with Crippen LogP contribution in [-0.4, -0.2) is 40.1 Å². The second kappa shape index (κ2) is 8.71. The van der Waals surface area contributed by atoms with Gasteiger partial charge in [-0.2, -0.15) is 0 Å². The smallest absolute Gasteiger partial charge is 0.293 e. The van der Waals surface area contributed by atoms with Crippen molar-refractivity contribution in [2.45, 2.75) is 33.4 Å². The molecule has 1 atom stereocenters. The molecule has 0 saturated carbocycles. The molecular formula is C22H28N6O2. The molecule has 1 fully saturated rings. The standard InChI is InChI=1S/C22H28N6O2/c1-14-8-24-19-4-3-16(7-18(14)19)11-25-20(29)13-28-15(2)9-26-21(22(28)30)27-12-17-5-6-23-10-17/h3-4,7-9,17,23-24H,5-6,10-13H2,1-2H3,(H,25,29)(H,26,27)/t17-/m0/s1. The number of anilines is 1. The molecule has 0 spiro atoms. The molecule has 8 nitrogen and oxygen atoms in total. The summed E-state index contributed by atoms with van der Waals surface area (Å²) < 4.78 is 1.47. The van der Waals surface area contributed by atoms with Crippen LogP contribution in [0.3, 0.4) is 0 Å². The van der Waals surface area contributed by atoms with Crippen LogP contribution in [0.15, 0.2) is 35.4 Å². The molecule has 2 aromatic heterocycles. The van der Waals surface area contributed by atoms with E-state index in [0.717, 1.165) is 36.0 Å². The number of nitrogens with one attached hydrogen (secondary N) is 4. The Bertz CT molecular complexity index is 1110. The van der Waals surface area contributed by atoms with Gasteiger partial charge in [-0.15, -0.1) is 0 Å². The van der Waals surface area contributed by atoms with E-state index in [0.29, 0.717) is 30.5 Å². The number of hydrogen-bond acceptors (Lipinski definition) is 5. The minimum atomic E-state index is -0.263. The van der Waals surface area contributed by atoms with Crippen LogP contribution in [0.25, 0.3) is 10.9 Å². The summed E-state index contributed by atoms with van der Waals surface area (Å²) in [5.74, 6) is 0.585. The van der Waals surface area contributed by atoms with Gasteiger partial charge in [-0.25, -0.2) is 4.98 Å². The van der Waals surface area contributed by atoms with Gasteiger partial charge >= 0.3 is 0 Å². The fourth-order valence-electron chi connectivity index (χ4n) is 3.84. The SMILES string of the molecule is Cc1c[nH]c2ccc(CNC(=O)Cn3c(C)cnc(NC[C@H]4CCNC4)c3=O)cc12. The molecule has 0 radical (unpaired) electrons. The van der Waals surface area contributed by atoms with Gasteiger partial charge in [0.25, 0.3) is 5.56 Å². The Balaban J connectivity index is 1.39. The van der Waals surface area contributed by atoms with Gasteiger partial charge in [0.15, 0.2) is 5.82 Å². The third-order valence-electron chi connectivity index (χ3n) is 5.72. The van der Waals surface area contributed by atoms with E-state index in [4.69, 9.17) is 0 Å². The van der Waals surface area contributed by atoms with Crippen LogP contribution in [0, 0.1) is 19.8 Å². The average Bonchev–Trinajstić information content (AvgIpc) is 3.39. The Labute approximate surface area is 175 Å². The molecule has 4 rings (SSSR count). The van der Waals surface area contributed by atoms with E-state index in [1.54, 1.807) is 13.1 Å². The molecule has 4 N–H and O–H groups in total. The quantitative estimate of drug-likeness (QED) is 0.476. The number of rotatable bonds is 7. The van der Waals surface area contributed by atoms with Crippen molar-refractivity contribution in [1.29, 1.82) is 0 Å². The Hall–Kier alpha value is -3.13. The molecule has 3 heterocycles. The van der Waals surface area contributed by atoms with Gasteiger partial charge in [0.05, 0.1) is 0 Å². The average molecular weight is 409 g/mol. The summed E-state index contributed by atoms with van der Waals surface area (Å²) >= 11 is 0. The molecule has 0 aliphatic carbocycles. The second-order valence-corrected chi connectivity index (χ2v) is 8.01. The van der Waals surface area contributed by atoms with Crippen LogP contribution in [-0.2, 0) is 17.9 Å². The number of hydrogen-bond donors (Lipinski definition) is 4. The van der Waals surface area contributed by atoms with E-state index in [9.17, 15) is 9.59 Å². The summed E-state index contributed by atoms with van der Waals surface area (Å²) in [5, 5.41) is 10.5. The summed E-state index contributed by atoms with van der Waals surface area (Å²) in [7, 11) is 0. The fourth-order valence-corrected chi connectivity index (χ4v) is 3.84. The lowest BCUT2D eigenvalue weighted by atomic mass is 10.1. The van der Waals surface area contributed by atoms with Gasteiger partial charge in [-0.1, -0.05) is 6.07 Å². The van der Waals surface area contributed by atoms with Crippen molar-refractivity contribution >= 4 is 22.6 Å². The largest absolute Gasteiger partial charge is 0.365 e. The Morgan fingerprint density at radius 3 is 3.00 bits per heavy atom. The third kappa shape index (κ3) is 4.38. The molecule has 1 aromatic carbocycles. The second-order valence-electron chi connectivity index (χ2n) is 8.01. The lowest BCUT2D eigenvalue weighted by Crippen LogP contribution is -2.35. The highest BCUT2D eigenvalue weighted by atomic mass is 16.2. The minimum Gasteiger partial charge on any atom is -0.365 e. The summed E-state index contributed by atoms with van der Waals surface area (Å²) in [5.41, 5.74) is 3.67. The highest BCUT2D eigenvalue weighted by Crippen LogP contribution is 2.18. The molecule has 1 saturated heterocycles. The van der Waals surface area contributed by atoms with Crippen molar-refractivity contribution in [2.24, 2.45) is 5.92 Å². The number of nitrogens with zero attached hydrogens (tertiary/aromatic N) is 2. The predicted molar refractivity (Wildman–Crippen MR) is 118 cm³/mol. The van der Waals surface area contributed by atoms with Gasteiger partial charge in [0.2, 0.25) is 5.91 Å². The van der Waals surface area contributed by atoms with Crippen LogP contribution in [0.1, 0.15) is 23.2 Å². The van der Waals surface area contributed by atoms with Crippen LogP contribution in [0.2, 0.25) is 0 Å². The van der Waals surface area contributed by atoms with E-state index >= 15 is 0 Å². The molecule has 1 aliphatic rings. The zero-order valence-electron chi connectivity index (χ0n) is 17.4. The van der Waals surface area contributed by atoms with Crippen molar-refractivity contribution in [3.05, 3.63) is 57.8 Å². The Kier molecular flexibility index (Phi) is 5.85. The number of amides is 1. The molecule has 158 valence electrons. The van der Waals surface area contributed by atoms with E-state index in [1.165, 1.54) is 10.1 Å². The molecule has 0 bridgehead atoms. The highest BCUT2D eigenvalue weighted by Gasteiger charge is 2.16. The number of aromatic nitrogens is 3. The van der Waals surface area contributed by atoms with Crippen LogP contribution in [0.5, 0.6) is 0 Å². The van der Waals surface area contributed by atoms with Gasteiger partial charge in [-0.3, -0.25) is 14.2 Å². The van der Waals surface area contributed by atoms with Crippen LogP contribution >= 0.6 is 0 Å². The first-order chi connectivity index (χ1) is 14.5. The maximum Gasteiger partial charge on any atom is 0.293 e. The van der Waals surface area contributed by atoms with Gasteiger partial charge in [0, 0.05) is 42.1 Å². The first-order valence-electron chi connectivity index (χ1n) is 10.4. The first-order valence-corrected chi connectivity index (χ1v) is 10.4. The maximum atomic E-state index is 12.8. The number of benzene rings is 1. The van der Waals surface area contributed by atoms with E-state index in [1.807, 2.05) is 18.3 Å². The number of carbonyl (C=O) groups excluding carboxylic acids is 1. The third-order valence-corrected chi connectivity index (χ3v) is 5.72. The fraction of sp³-hybridized carbons (Fsp3) is 0.409. The summed E-state index contributed by atoms with van der Waals surface area (Å²) in [6.07, 6.45) is 4.69. The summed E-state index contributed by atoms with van der Waals surface area (Å²) in [4.78, 5) is 32.8. The molecular weight excluding hydrogens is 380 g/mol. The molecule has 1 aliphatic heterocycles. The summed E-state index contributed by atoms with van der Waals surface area (Å²) in [6.45, 7) is 6.88. The number of carbonyl (C=O) groups is 1. The van der Waals surface area contributed by atoms with E-state index in [2.05, 4.69) is 38.9 Å². The lowest BCUT2D eigenvalue weighted by Gasteiger charge is -2.14. The zero-order valence-corrected chi connectivity index (χ0v) is 17.4. The topological polar surface area (TPSA) is 104 Å². The van der Waals surface area contributed by atoms with Crippen molar-refractivity contribution in [3.8, 4) is 0 Å². The zero-order chi connectivity index (χ0) is 21.1. The number of fused-ring (bicyclic) bond motifs is 1. The van der Waals surface area contributed by atoms with Crippen LogP contribution in [0.4, 0.5) is 5.82 Å². The molecule has 3 aromatic rings. The molecule has 30 heavy (non-hydrogen) atoms. The summed E-state index contributed by atoms with van der Waals surface area (Å²) in [6, 6.07) is 6.08. The monoisotopic (exact) mass is 408 g/mol. The van der Waals surface area contributed by atoms with E-state index in [-0.39, 0.29) is 18.0 Å². The molecule has 8 heteroatoms. The van der Waals surface area contributed by atoms with Crippen LogP contribution < -0.4 is 21.5 Å². The number of H-pyrrole nitrogens is 1. The first kappa shape index (κ1) is 20.2. The van der Waals surface area contributed by atoms with Crippen molar-refractivity contribution in [2.75, 3.05) is 25.0 Å². The normalized spacial score (nSPS) is 16.1.